The Kier molecular flexibility index (Phi) is 9.18. The van der Waals surface area contributed by atoms with Crippen LogP contribution in [0.2, 0.25) is 0 Å². The maximum absolute atomic E-state index is 13.0. The van der Waals surface area contributed by atoms with Gasteiger partial charge in [0.2, 0.25) is 0 Å². The molecule has 5 heterocycles. The van der Waals surface area contributed by atoms with E-state index in [0.29, 0.717) is 13.1 Å². The van der Waals surface area contributed by atoms with Crippen molar-refractivity contribution in [3.05, 3.63) is 54.4 Å². The lowest BCUT2D eigenvalue weighted by Crippen LogP contribution is -2.41. The number of likely N-dealkylation sites (tertiary alicyclic amines) is 1. The highest BCUT2D eigenvalue weighted by molar-refractivity contribution is 7.99. The molecular weight excluding hydrogens is 673 g/mol. The predicted octanol–water partition coefficient (Wildman–Crippen LogP) is 8.38. The van der Waals surface area contributed by atoms with E-state index in [2.05, 4.69) is 20.2 Å². The third-order valence-corrected chi connectivity index (χ3v) is 10.8. The zero-order valence-electron chi connectivity index (χ0n) is 29.1. The van der Waals surface area contributed by atoms with Gasteiger partial charge in [0.05, 0.1) is 38.8 Å². The maximum Gasteiger partial charge on any atom is 0.411 e. The normalized spacial score (nSPS) is 18.6. The SMILES string of the molecule is CC(C)(C)OC(=O)N1CCCC1Sc1nc2ccc(-c3ccc(-c4ccc5nc([C@@H]6SCCCN6C(=O)OC(C)(C)C)[nH]c5c4)nn3)cc2[nH]1. The molecule has 0 aliphatic carbocycles. The van der Waals surface area contributed by atoms with E-state index in [0.717, 1.165) is 80.6 Å². The number of carbonyl (C=O) groups is 2. The van der Waals surface area contributed by atoms with Gasteiger partial charge < -0.3 is 19.4 Å². The molecule has 3 aromatic heterocycles. The second kappa shape index (κ2) is 13.4. The van der Waals surface area contributed by atoms with Crippen molar-refractivity contribution < 1.29 is 19.1 Å². The molecule has 2 saturated heterocycles. The quantitative estimate of drug-likeness (QED) is 0.182. The van der Waals surface area contributed by atoms with Gasteiger partial charge in [-0.25, -0.2) is 19.6 Å². The van der Waals surface area contributed by atoms with Crippen LogP contribution in [-0.2, 0) is 9.47 Å². The predicted molar refractivity (Wildman–Crippen MR) is 197 cm³/mol. The van der Waals surface area contributed by atoms with Crippen molar-refractivity contribution in [1.82, 2.24) is 39.9 Å². The van der Waals surface area contributed by atoms with Gasteiger partial charge in [-0.15, -0.1) is 22.0 Å². The lowest BCUT2D eigenvalue weighted by molar-refractivity contribution is 0.0213. The van der Waals surface area contributed by atoms with Crippen LogP contribution in [0.25, 0.3) is 44.6 Å². The Bertz CT molecular complexity index is 2030. The van der Waals surface area contributed by atoms with Crippen LogP contribution in [0, 0.1) is 0 Å². The first-order chi connectivity index (χ1) is 23.8. The number of aromatic nitrogens is 6. The Hall–Kier alpha value is -4.30. The molecule has 2 fully saturated rings. The number of nitrogens with zero attached hydrogens (tertiary/aromatic N) is 6. The summed E-state index contributed by atoms with van der Waals surface area (Å²) >= 11 is 3.24. The number of hydrogen-bond acceptors (Lipinski definition) is 10. The first-order valence-corrected chi connectivity index (χ1v) is 18.8. The summed E-state index contributed by atoms with van der Waals surface area (Å²) in [6.07, 6.45) is 2.11. The van der Waals surface area contributed by atoms with Crippen LogP contribution < -0.4 is 0 Å². The monoisotopic (exact) mass is 714 g/mol. The van der Waals surface area contributed by atoms with Crippen molar-refractivity contribution in [3.63, 3.8) is 0 Å². The fourth-order valence-electron chi connectivity index (χ4n) is 6.04. The molecule has 2 N–H and O–H groups in total. The summed E-state index contributed by atoms with van der Waals surface area (Å²) in [5.41, 5.74) is 5.62. The van der Waals surface area contributed by atoms with Crippen molar-refractivity contribution in [1.29, 1.82) is 0 Å². The second-order valence-corrected chi connectivity index (χ2v) is 16.9. The number of aromatic amines is 2. The van der Waals surface area contributed by atoms with E-state index < -0.39 is 11.2 Å². The zero-order valence-corrected chi connectivity index (χ0v) is 30.8. The van der Waals surface area contributed by atoms with E-state index in [1.807, 2.05) is 90.1 Å². The number of nitrogens with one attached hydrogen (secondary N) is 2. The van der Waals surface area contributed by atoms with E-state index in [4.69, 9.17) is 19.4 Å². The van der Waals surface area contributed by atoms with Crippen LogP contribution in [0.5, 0.6) is 0 Å². The topological polar surface area (TPSA) is 142 Å². The molecular formula is C36H42N8O4S2. The van der Waals surface area contributed by atoms with E-state index in [9.17, 15) is 9.59 Å². The highest BCUT2D eigenvalue weighted by Crippen LogP contribution is 2.38. The average molecular weight is 715 g/mol. The van der Waals surface area contributed by atoms with Gasteiger partial charge in [-0.05, 0) is 103 Å². The molecule has 0 radical (unpaired) electrons. The first kappa shape index (κ1) is 34.2. The van der Waals surface area contributed by atoms with Crippen molar-refractivity contribution >= 4 is 57.8 Å². The number of thioether (sulfide) groups is 2. The van der Waals surface area contributed by atoms with E-state index >= 15 is 0 Å². The van der Waals surface area contributed by atoms with Crippen LogP contribution in [0.1, 0.15) is 72.0 Å². The van der Waals surface area contributed by atoms with Gasteiger partial charge in [-0.1, -0.05) is 23.9 Å². The van der Waals surface area contributed by atoms with E-state index in [-0.39, 0.29) is 22.9 Å². The number of benzene rings is 2. The number of carbonyl (C=O) groups excluding carboxylic acids is 2. The largest absolute Gasteiger partial charge is 0.444 e. The van der Waals surface area contributed by atoms with E-state index in [1.165, 1.54) is 0 Å². The number of imidazole rings is 2. The second-order valence-electron chi connectivity index (χ2n) is 14.6. The molecule has 0 spiro atoms. The van der Waals surface area contributed by atoms with Gasteiger partial charge in [-0.3, -0.25) is 9.80 Å². The summed E-state index contributed by atoms with van der Waals surface area (Å²) in [5.74, 6) is 1.67. The highest BCUT2D eigenvalue weighted by atomic mass is 32.2. The standard InChI is InChI=1S/C36H42N8O4S2/c1-35(2,3)47-33(45)43-16-7-9-29(43)50-32-39-26-13-11-22(20-28(26)40-32)24-15-14-23(41-42-24)21-10-12-25-27(19-21)38-30(37-25)31-44(17-8-18-49-31)34(46)48-36(4,5)6/h10-15,19-20,29,31H,7-9,16-18H2,1-6H3,(H,37,38)(H,39,40)/t29?,31-/m0/s1. The van der Waals surface area contributed by atoms with Crippen molar-refractivity contribution in [3.8, 4) is 22.5 Å². The Morgan fingerprint density at radius 1 is 0.780 bits per heavy atom. The Morgan fingerprint density at radius 2 is 1.36 bits per heavy atom. The maximum atomic E-state index is 13.0. The van der Waals surface area contributed by atoms with Crippen molar-refractivity contribution in [2.24, 2.45) is 0 Å². The molecule has 7 rings (SSSR count). The van der Waals surface area contributed by atoms with Gasteiger partial charge in [0.1, 0.15) is 22.4 Å². The number of rotatable bonds is 5. The summed E-state index contributed by atoms with van der Waals surface area (Å²) in [5, 5.41) is 9.61. The Balaban J connectivity index is 1.05. The van der Waals surface area contributed by atoms with Crippen molar-refractivity contribution in [2.75, 3.05) is 18.8 Å². The fourth-order valence-corrected chi connectivity index (χ4v) is 8.38. The average Bonchev–Trinajstić information content (AvgIpc) is 3.81. The number of ether oxygens (including phenoxy) is 2. The number of hydrogen-bond donors (Lipinski definition) is 2. The molecule has 1 unspecified atom stereocenters. The summed E-state index contributed by atoms with van der Waals surface area (Å²) in [4.78, 5) is 45.8. The molecule has 2 aromatic carbocycles. The highest BCUT2D eigenvalue weighted by Gasteiger charge is 2.35. The lowest BCUT2D eigenvalue weighted by atomic mass is 10.1. The molecule has 2 amide bonds. The number of fused-ring (bicyclic) bond motifs is 2. The Labute approximate surface area is 299 Å². The first-order valence-electron chi connectivity index (χ1n) is 16.9. The van der Waals surface area contributed by atoms with Gasteiger partial charge >= 0.3 is 12.2 Å². The fraction of sp³-hybridized carbons (Fsp3) is 0.444. The minimum absolute atomic E-state index is 0.0334. The molecule has 12 nitrogen and oxygen atoms in total. The molecule has 2 atom stereocenters. The molecule has 0 saturated carbocycles. The molecule has 5 aromatic rings. The summed E-state index contributed by atoms with van der Waals surface area (Å²) < 4.78 is 11.3. The third kappa shape index (κ3) is 7.55. The number of amides is 2. The van der Waals surface area contributed by atoms with Gasteiger partial charge in [0.25, 0.3) is 0 Å². The third-order valence-electron chi connectivity index (χ3n) is 8.25. The van der Waals surface area contributed by atoms with Crippen LogP contribution in [0.4, 0.5) is 9.59 Å². The van der Waals surface area contributed by atoms with Gasteiger partial charge in [0, 0.05) is 24.2 Å². The van der Waals surface area contributed by atoms with E-state index in [1.54, 1.807) is 33.3 Å². The van der Waals surface area contributed by atoms with Gasteiger partial charge in [-0.2, -0.15) is 0 Å². The van der Waals surface area contributed by atoms with Crippen LogP contribution in [0.15, 0.2) is 53.7 Å². The molecule has 2 aliphatic heterocycles. The summed E-state index contributed by atoms with van der Waals surface area (Å²) in [6, 6.07) is 15.9. The van der Waals surface area contributed by atoms with Crippen LogP contribution in [0.3, 0.4) is 0 Å². The molecule has 2 aliphatic rings. The molecule has 0 bridgehead atoms. The zero-order chi connectivity index (χ0) is 35.2. The molecule has 50 heavy (non-hydrogen) atoms. The number of H-pyrrole nitrogens is 2. The van der Waals surface area contributed by atoms with Gasteiger partial charge in [0.15, 0.2) is 5.16 Å². The Morgan fingerprint density at radius 3 is 1.98 bits per heavy atom. The molecule has 262 valence electrons. The minimum atomic E-state index is -0.568. The smallest absolute Gasteiger partial charge is 0.411 e. The molecule has 14 heteroatoms. The summed E-state index contributed by atoms with van der Waals surface area (Å²) in [6.45, 7) is 12.6. The van der Waals surface area contributed by atoms with Crippen molar-refractivity contribution in [2.45, 2.75) is 87.9 Å². The lowest BCUT2D eigenvalue weighted by Gasteiger charge is -2.35. The minimum Gasteiger partial charge on any atom is -0.444 e. The van der Waals surface area contributed by atoms with Crippen LogP contribution >= 0.6 is 23.5 Å². The summed E-state index contributed by atoms with van der Waals surface area (Å²) in [7, 11) is 0. The van der Waals surface area contributed by atoms with Crippen LogP contribution in [-0.4, -0.2) is 87.5 Å².